The summed E-state index contributed by atoms with van der Waals surface area (Å²) in [4.78, 5) is 23.6. The molecule has 2 aromatic heterocycles. The van der Waals surface area contributed by atoms with E-state index < -0.39 is 16.1 Å². The van der Waals surface area contributed by atoms with Crippen LogP contribution in [0.25, 0.3) is 21.0 Å². The standard InChI is InChI=1S/C27H31ClN6O4S2/c1-17(2)38-8-7-30-12-21-14-33(40(36,37)26-10-19-4-5-20(28)11-24(19)39-26)15-25(35)34(21)13-18-3-6-22-23(9-18)31-16-32-27(22)29/h3-6,9-11,16-17,21,30H,7-8,12-15H2,1-2H3,(H2,29,31,32). The van der Waals surface area contributed by atoms with Crippen molar-refractivity contribution in [1.82, 2.24) is 24.5 Å². The van der Waals surface area contributed by atoms with Gasteiger partial charge in [0.25, 0.3) is 10.0 Å². The number of nitrogen functional groups attached to an aromatic ring is 1. The number of sulfonamides is 1. The molecule has 0 saturated carbocycles. The number of fused-ring (bicyclic) bond motifs is 2. The van der Waals surface area contributed by atoms with Gasteiger partial charge in [0.15, 0.2) is 0 Å². The molecule has 4 aromatic rings. The highest BCUT2D eigenvalue weighted by Crippen LogP contribution is 2.33. The molecule has 1 amide bonds. The van der Waals surface area contributed by atoms with Crippen LogP contribution in [0, 0.1) is 0 Å². The first-order valence-electron chi connectivity index (χ1n) is 12.9. The molecule has 1 aliphatic heterocycles. The average Bonchev–Trinajstić information content (AvgIpc) is 3.34. The number of ether oxygens (including phenoxy) is 1. The topological polar surface area (TPSA) is 131 Å². The lowest BCUT2D eigenvalue weighted by atomic mass is 10.1. The molecule has 3 N–H and O–H groups in total. The lowest BCUT2D eigenvalue weighted by Crippen LogP contribution is -2.60. The first kappa shape index (κ1) is 28.7. The Hall–Kier alpha value is -2.87. The molecule has 1 unspecified atom stereocenters. The number of halogens is 1. The van der Waals surface area contributed by atoms with Gasteiger partial charge in [0, 0.05) is 41.3 Å². The zero-order chi connectivity index (χ0) is 28.4. The molecule has 1 aliphatic rings. The van der Waals surface area contributed by atoms with Crippen molar-refractivity contribution < 1.29 is 17.9 Å². The van der Waals surface area contributed by atoms with Crippen molar-refractivity contribution in [3.8, 4) is 0 Å². The molecule has 0 radical (unpaired) electrons. The number of nitrogens with one attached hydrogen (secondary N) is 1. The zero-order valence-corrected chi connectivity index (χ0v) is 24.6. The number of carbonyl (C=O) groups is 1. The zero-order valence-electron chi connectivity index (χ0n) is 22.2. The summed E-state index contributed by atoms with van der Waals surface area (Å²) in [5, 5.41) is 5.40. The molecule has 13 heteroatoms. The summed E-state index contributed by atoms with van der Waals surface area (Å²) in [5.41, 5.74) is 7.52. The van der Waals surface area contributed by atoms with Crippen molar-refractivity contribution in [2.45, 2.75) is 36.7 Å². The van der Waals surface area contributed by atoms with E-state index in [-0.39, 0.29) is 29.3 Å². The first-order valence-corrected chi connectivity index (χ1v) is 15.6. The van der Waals surface area contributed by atoms with Crippen molar-refractivity contribution >= 4 is 65.7 Å². The maximum atomic E-state index is 13.7. The van der Waals surface area contributed by atoms with Crippen molar-refractivity contribution in [1.29, 1.82) is 0 Å². The Morgan fingerprint density at radius 3 is 2.83 bits per heavy atom. The van der Waals surface area contributed by atoms with E-state index >= 15 is 0 Å². The predicted molar refractivity (Wildman–Crippen MR) is 158 cm³/mol. The second-order valence-electron chi connectivity index (χ2n) is 9.95. The van der Waals surface area contributed by atoms with Crippen LogP contribution < -0.4 is 11.1 Å². The van der Waals surface area contributed by atoms with Gasteiger partial charge in [-0.3, -0.25) is 4.79 Å². The van der Waals surface area contributed by atoms with Crippen LogP contribution in [-0.2, 0) is 26.1 Å². The van der Waals surface area contributed by atoms with Crippen LogP contribution in [-0.4, -0.2) is 78.4 Å². The van der Waals surface area contributed by atoms with E-state index in [0.29, 0.717) is 42.6 Å². The lowest BCUT2D eigenvalue weighted by Gasteiger charge is -2.40. The quantitative estimate of drug-likeness (QED) is 0.264. The molecule has 5 rings (SSSR count). The SMILES string of the molecule is CC(C)OCCNCC1CN(S(=O)(=O)c2cc3ccc(Cl)cc3s2)CC(=O)N1Cc1ccc2c(N)ncnc2c1. The highest BCUT2D eigenvalue weighted by molar-refractivity contribution is 7.91. The van der Waals surface area contributed by atoms with Crippen LogP contribution in [0.1, 0.15) is 19.4 Å². The van der Waals surface area contributed by atoms with Gasteiger partial charge in [-0.25, -0.2) is 18.4 Å². The lowest BCUT2D eigenvalue weighted by molar-refractivity contribution is -0.138. The van der Waals surface area contributed by atoms with Crippen molar-refractivity contribution in [2.75, 3.05) is 38.5 Å². The first-order chi connectivity index (χ1) is 19.1. The van der Waals surface area contributed by atoms with Gasteiger partial charge in [0.05, 0.1) is 30.8 Å². The van der Waals surface area contributed by atoms with Crippen LogP contribution in [0.15, 0.2) is 53.0 Å². The Bertz CT molecular complexity index is 1640. The Morgan fingerprint density at radius 2 is 2.02 bits per heavy atom. The van der Waals surface area contributed by atoms with Gasteiger partial charge in [-0.1, -0.05) is 23.7 Å². The Balaban J connectivity index is 1.38. The summed E-state index contributed by atoms with van der Waals surface area (Å²) >= 11 is 7.26. The van der Waals surface area contributed by atoms with Crippen molar-refractivity contribution in [3.05, 3.63) is 59.4 Å². The number of anilines is 1. The third-order valence-electron chi connectivity index (χ3n) is 6.74. The van der Waals surface area contributed by atoms with Gasteiger partial charge in [-0.2, -0.15) is 4.31 Å². The molecule has 1 saturated heterocycles. The van der Waals surface area contributed by atoms with Crippen LogP contribution in [0.4, 0.5) is 5.82 Å². The summed E-state index contributed by atoms with van der Waals surface area (Å²) in [6, 6.07) is 12.1. The molecule has 0 aliphatic carbocycles. The highest BCUT2D eigenvalue weighted by Gasteiger charge is 2.39. The van der Waals surface area contributed by atoms with Gasteiger partial charge < -0.3 is 20.7 Å². The molecule has 3 heterocycles. The Kier molecular flexibility index (Phi) is 8.55. The van der Waals surface area contributed by atoms with Crippen LogP contribution in [0.3, 0.4) is 0 Å². The minimum atomic E-state index is -3.90. The number of rotatable bonds is 10. The fourth-order valence-corrected chi connectivity index (χ4v) is 7.96. The number of amides is 1. The van der Waals surface area contributed by atoms with Gasteiger partial charge in [-0.15, -0.1) is 11.3 Å². The van der Waals surface area contributed by atoms with E-state index in [1.54, 1.807) is 29.2 Å². The number of thiophene rings is 1. The van der Waals surface area contributed by atoms with Crippen molar-refractivity contribution in [3.63, 3.8) is 0 Å². The normalized spacial score (nSPS) is 16.9. The molecule has 10 nitrogen and oxygen atoms in total. The largest absolute Gasteiger partial charge is 0.383 e. The number of nitrogens with zero attached hydrogens (tertiary/aromatic N) is 4. The molecule has 1 atom stereocenters. The van der Waals surface area contributed by atoms with E-state index in [0.717, 1.165) is 32.4 Å². The summed E-state index contributed by atoms with van der Waals surface area (Å²) < 4.78 is 35.3. The number of nitrogens with two attached hydrogens (primary N) is 1. The van der Waals surface area contributed by atoms with Crippen LogP contribution in [0.2, 0.25) is 5.02 Å². The molecule has 2 aromatic carbocycles. The smallest absolute Gasteiger partial charge is 0.253 e. The maximum Gasteiger partial charge on any atom is 0.253 e. The fourth-order valence-electron chi connectivity index (χ4n) is 4.71. The van der Waals surface area contributed by atoms with Crippen LogP contribution >= 0.6 is 22.9 Å². The Labute approximate surface area is 242 Å². The fraction of sp³-hybridized carbons (Fsp3) is 0.370. The van der Waals surface area contributed by atoms with Crippen LogP contribution in [0.5, 0.6) is 0 Å². The van der Waals surface area contributed by atoms with E-state index in [9.17, 15) is 13.2 Å². The average molecular weight is 603 g/mol. The predicted octanol–water partition coefficient (Wildman–Crippen LogP) is 3.50. The Morgan fingerprint density at radius 1 is 1.20 bits per heavy atom. The van der Waals surface area contributed by atoms with Gasteiger partial charge in [-0.05, 0) is 55.1 Å². The number of hydrogen-bond acceptors (Lipinski definition) is 9. The van der Waals surface area contributed by atoms with E-state index in [1.807, 2.05) is 32.0 Å². The number of aromatic nitrogens is 2. The molecule has 0 spiro atoms. The second-order valence-corrected chi connectivity index (χ2v) is 13.6. The number of piperazine rings is 1. The third kappa shape index (κ3) is 6.22. The van der Waals surface area contributed by atoms with Gasteiger partial charge in [0.2, 0.25) is 5.91 Å². The van der Waals surface area contributed by atoms with Gasteiger partial charge >= 0.3 is 0 Å². The minimum absolute atomic E-state index is 0.108. The molecular formula is C27H31ClN6O4S2. The van der Waals surface area contributed by atoms with Crippen molar-refractivity contribution in [2.24, 2.45) is 0 Å². The molecule has 0 bridgehead atoms. The summed E-state index contributed by atoms with van der Waals surface area (Å²) in [5.74, 6) is 0.118. The van der Waals surface area contributed by atoms with E-state index in [2.05, 4.69) is 15.3 Å². The maximum absolute atomic E-state index is 13.7. The number of benzene rings is 2. The highest BCUT2D eigenvalue weighted by atomic mass is 35.5. The second kappa shape index (κ2) is 11.9. The summed E-state index contributed by atoms with van der Waals surface area (Å²) in [6.07, 6.45) is 1.52. The number of hydrogen-bond donors (Lipinski definition) is 2. The third-order valence-corrected chi connectivity index (χ3v) is 10.3. The molecular weight excluding hydrogens is 572 g/mol. The minimum Gasteiger partial charge on any atom is -0.383 e. The molecule has 1 fully saturated rings. The monoisotopic (exact) mass is 602 g/mol. The summed E-state index contributed by atoms with van der Waals surface area (Å²) in [6.45, 7) is 5.65. The van der Waals surface area contributed by atoms with Gasteiger partial charge in [0.1, 0.15) is 16.4 Å². The molecule has 40 heavy (non-hydrogen) atoms. The van der Waals surface area contributed by atoms with E-state index in [4.69, 9.17) is 22.1 Å². The van der Waals surface area contributed by atoms with E-state index in [1.165, 1.54) is 10.6 Å². The number of carbonyl (C=O) groups excluding carboxylic acids is 1. The summed E-state index contributed by atoms with van der Waals surface area (Å²) in [7, 11) is -3.90. The molecule has 212 valence electrons.